The average Bonchev–Trinajstić information content (AvgIpc) is 2.95. The molecule has 1 heterocycles. The molecule has 0 amide bonds. The summed E-state index contributed by atoms with van der Waals surface area (Å²) in [6, 6.07) is 13.8. The number of furan rings is 1. The molecule has 0 aliphatic carbocycles. The Morgan fingerprint density at radius 2 is 1.90 bits per heavy atom. The minimum atomic E-state index is -0.893. The van der Waals surface area contributed by atoms with Gasteiger partial charge in [-0.05, 0) is 31.5 Å². The lowest BCUT2D eigenvalue weighted by Gasteiger charge is -2.26. The van der Waals surface area contributed by atoms with Crippen molar-refractivity contribution in [3.8, 4) is 0 Å². The highest BCUT2D eigenvalue weighted by Gasteiger charge is 2.23. The fourth-order valence-corrected chi connectivity index (χ4v) is 2.17. The lowest BCUT2D eigenvalue weighted by atomic mass is 9.96. The predicted molar refractivity (Wildman–Crippen MR) is 80.5 cm³/mol. The predicted octanol–water partition coefficient (Wildman–Crippen LogP) is 3.40. The Morgan fingerprint density at radius 1 is 1.20 bits per heavy atom. The van der Waals surface area contributed by atoms with Gasteiger partial charge in [0, 0.05) is 13.0 Å². The van der Waals surface area contributed by atoms with E-state index in [1.807, 2.05) is 56.3 Å². The lowest BCUT2D eigenvalue weighted by Crippen LogP contribution is -2.36. The van der Waals surface area contributed by atoms with Gasteiger partial charge in [0.2, 0.25) is 0 Å². The summed E-state index contributed by atoms with van der Waals surface area (Å²) in [7, 11) is 0. The largest absolute Gasteiger partial charge is 0.464 e. The summed E-state index contributed by atoms with van der Waals surface area (Å²) in [6.07, 6.45) is 0.897. The molecular formula is C17H23NO2. The first-order valence-corrected chi connectivity index (χ1v) is 7.13. The molecule has 0 fully saturated rings. The Bertz CT molecular complexity index is 531. The van der Waals surface area contributed by atoms with Gasteiger partial charge in [-0.2, -0.15) is 0 Å². The van der Waals surface area contributed by atoms with E-state index in [-0.39, 0.29) is 6.04 Å². The Balaban J connectivity index is 1.97. The minimum Gasteiger partial charge on any atom is -0.464 e. The van der Waals surface area contributed by atoms with Crippen molar-refractivity contribution in [2.24, 2.45) is 0 Å². The minimum absolute atomic E-state index is 0.0745. The van der Waals surface area contributed by atoms with Crippen LogP contribution < -0.4 is 5.32 Å². The highest BCUT2D eigenvalue weighted by molar-refractivity contribution is 5.22. The van der Waals surface area contributed by atoms with Crippen LogP contribution in [-0.4, -0.2) is 11.7 Å². The topological polar surface area (TPSA) is 45.4 Å². The molecule has 3 nitrogen and oxygen atoms in total. The van der Waals surface area contributed by atoms with Crippen molar-refractivity contribution < 1.29 is 9.52 Å². The number of aliphatic hydroxyl groups is 1. The van der Waals surface area contributed by atoms with Gasteiger partial charge in [-0.3, -0.25) is 0 Å². The van der Waals surface area contributed by atoms with Crippen molar-refractivity contribution in [3.05, 3.63) is 59.5 Å². The molecular weight excluding hydrogens is 250 g/mol. The van der Waals surface area contributed by atoms with Crippen LogP contribution in [0.2, 0.25) is 0 Å². The van der Waals surface area contributed by atoms with Crippen LogP contribution >= 0.6 is 0 Å². The van der Waals surface area contributed by atoms with Crippen molar-refractivity contribution in [1.29, 1.82) is 0 Å². The van der Waals surface area contributed by atoms with E-state index < -0.39 is 5.60 Å². The first kappa shape index (κ1) is 14.8. The zero-order chi connectivity index (χ0) is 14.6. The van der Waals surface area contributed by atoms with E-state index in [2.05, 4.69) is 12.2 Å². The maximum Gasteiger partial charge on any atom is 0.120 e. The summed E-state index contributed by atoms with van der Waals surface area (Å²) < 4.78 is 5.72. The van der Waals surface area contributed by atoms with Crippen molar-refractivity contribution in [2.75, 3.05) is 6.54 Å². The summed E-state index contributed by atoms with van der Waals surface area (Å²) in [5.41, 5.74) is 0.0174. The Kier molecular flexibility index (Phi) is 4.63. The van der Waals surface area contributed by atoms with E-state index in [1.165, 1.54) is 0 Å². The van der Waals surface area contributed by atoms with Crippen molar-refractivity contribution in [3.63, 3.8) is 0 Å². The second-order valence-corrected chi connectivity index (χ2v) is 5.40. The zero-order valence-corrected chi connectivity index (χ0v) is 12.4. The van der Waals surface area contributed by atoms with Crippen molar-refractivity contribution >= 4 is 0 Å². The lowest BCUT2D eigenvalue weighted by molar-refractivity contribution is 0.0536. The fraction of sp³-hybridized carbons (Fsp3) is 0.412. The Morgan fingerprint density at radius 3 is 2.50 bits per heavy atom. The Hall–Kier alpha value is -1.58. The normalized spacial score (nSPS) is 15.8. The molecule has 20 heavy (non-hydrogen) atoms. The van der Waals surface area contributed by atoms with Crippen LogP contribution in [-0.2, 0) is 12.0 Å². The molecule has 2 N–H and O–H groups in total. The van der Waals surface area contributed by atoms with E-state index in [4.69, 9.17) is 4.42 Å². The molecule has 1 aromatic carbocycles. The number of benzene rings is 1. The fourth-order valence-electron chi connectivity index (χ4n) is 2.17. The molecule has 0 spiro atoms. The van der Waals surface area contributed by atoms with Crippen LogP contribution in [0.5, 0.6) is 0 Å². The molecule has 0 saturated heterocycles. The number of rotatable bonds is 6. The van der Waals surface area contributed by atoms with Crippen LogP contribution in [0, 0.1) is 0 Å². The van der Waals surface area contributed by atoms with Crippen molar-refractivity contribution in [1.82, 2.24) is 5.32 Å². The SMILES string of the molecule is CCc1ccc(C(C)NCC(C)(O)c2ccccc2)o1. The molecule has 2 unspecified atom stereocenters. The summed E-state index contributed by atoms with van der Waals surface area (Å²) in [5, 5.41) is 13.9. The van der Waals surface area contributed by atoms with Gasteiger partial charge in [-0.25, -0.2) is 0 Å². The highest BCUT2D eigenvalue weighted by Crippen LogP contribution is 2.22. The van der Waals surface area contributed by atoms with E-state index in [0.29, 0.717) is 6.54 Å². The summed E-state index contributed by atoms with van der Waals surface area (Å²) in [6.45, 7) is 6.41. The van der Waals surface area contributed by atoms with E-state index >= 15 is 0 Å². The zero-order valence-electron chi connectivity index (χ0n) is 12.4. The second kappa shape index (κ2) is 6.25. The third-order valence-corrected chi connectivity index (χ3v) is 3.61. The monoisotopic (exact) mass is 273 g/mol. The third kappa shape index (κ3) is 3.50. The smallest absolute Gasteiger partial charge is 0.120 e. The maximum atomic E-state index is 10.5. The molecule has 108 valence electrons. The summed E-state index contributed by atoms with van der Waals surface area (Å²) in [4.78, 5) is 0. The van der Waals surface area contributed by atoms with Gasteiger partial charge < -0.3 is 14.8 Å². The summed E-state index contributed by atoms with van der Waals surface area (Å²) >= 11 is 0. The van der Waals surface area contributed by atoms with Gasteiger partial charge in [-0.15, -0.1) is 0 Å². The number of nitrogens with one attached hydrogen (secondary N) is 1. The number of hydrogen-bond acceptors (Lipinski definition) is 3. The molecule has 1 aromatic heterocycles. The standard InChI is InChI=1S/C17H23NO2/c1-4-15-10-11-16(20-15)13(2)18-12-17(3,19)14-8-6-5-7-9-14/h5-11,13,18-19H,4,12H2,1-3H3. The van der Waals surface area contributed by atoms with Gasteiger partial charge in [0.05, 0.1) is 11.6 Å². The van der Waals surface area contributed by atoms with Gasteiger partial charge in [0.15, 0.2) is 0 Å². The first-order chi connectivity index (χ1) is 9.53. The molecule has 0 bridgehead atoms. The number of aryl methyl sites for hydroxylation is 1. The number of hydrogen-bond donors (Lipinski definition) is 2. The van der Waals surface area contributed by atoms with Crippen LogP contribution in [0.3, 0.4) is 0 Å². The first-order valence-electron chi connectivity index (χ1n) is 7.13. The van der Waals surface area contributed by atoms with E-state index in [0.717, 1.165) is 23.5 Å². The van der Waals surface area contributed by atoms with Gasteiger partial charge >= 0.3 is 0 Å². The van der Waals surface area contributed by atoms with Gasteiger partial charge in [0.25, 0.3) is 0 Å². The van der Waals surface area contributed by atoms with Crippen LogP contribution in [0.4, 0.5) is 0 Å². The molecule has 0 saturated carbocycles. The molecule has 0 aliphatic heterocycles. The second-order valence-electron chi connectivity index (χ2n) is 5.40. The Labute approximate surface area is 120 Å². The van der Waals surface area contributed by atoms with Crippen molar-refractivity contribution in [2.45, 2.75) is 38.8 Å². The molecule has 2 rings (SSSR count). The molecule has 2 atom stereocenters. The molecule has 3 heteroatoms. The third-order valence-electron chi connectivity index (χ3n) is 3.61. The average molecular weight is 273 g/mol. The van der Waals surface area contributed by atoms with E-state index in [1.54, 1.807) is 0 Å². The van der Waals surface area contributed by atoms with Crippen LogP contribution in [0.25, 0.3) is 0 Å². The van der Waals surface area contributed by atoms with Gasteiger partial charge in [-0.1, -0.05) is 37.3 Å². The van der Waals surface area contributed by atoms with Gasteiger partial charge in [0.1, 0.15) is 11.5 Å². The van der Waals surface area contributed by atoms with E-state index in [9.17, 15) is 5.11 Å². The van der Waals surface area contributed by atoms with Crippen LogP contribution in [0.1, 0.15) is 43.9 Å². The summed E-state index contributed by atoms with van der Waals surface area (Å²) in [5.74, 6) is 1.90. The highest BCUT2D eigenvalue weighted by atomic mass is 16.3. The quantitative estimate of drug-likeness (QED) is 0.848. The van der Waals surface area contributed by atoms with Crippen LogP contribution in [0.15, 0.2) is 46.9 Å². The molecule has 0 radical (unpaired) electrons. The molecule has 0 aliphatic rings. The molecule has 2 aromatic rings. The maximum absolute atomic E-state index is 10.5.